The fourth-order valence-corrected chi connectivity index (χ4v) is 1.85. The van der Waals surface area contributed by atoms with Crippen LogP contribution in [0.1, 0.15) is 12.5 Å². The van der Waals surface area contributed by atoms with Crippen LogP contribution in [0.2, 0.25) is 0 Å². The zero-order chi connectivity index (χ0) is 13.0. The average Bonchev–Trinajstić information content (AvgIpc) is 2.39. The van der Waals surface area contributed by atoms with Crippen LogP contribution in [0.4, 0.5) is 17.3 Å². The molecule has 0 saturated heterocycles. The van der Waals surface area contributed by atoms with E-state index in [9.17, 15) is 0 Å². The summed E-state index contributed by atoms with van der Waals surface area (Å²) in [5.74, 6) is 1.64. The Labute approximate surface area is 108 Å². The van der Waals surface area contributed by atoms with Gasteiger partial charge in [0.1, 0.15) is 5.82 Å². The van der Waals surface area contributed by atoms with Gasteiger partial charge in [0.15, 0.2) is 5.82 Å². The molecule has 4 nitrogen and oxygen atoms in total. The maximum absolute atomic E-state index is 4.53. The van der Waals surface area contributed by atoms with Crippen molar-refractivity contribution in [3.8, 4) is 0 Å². The molecule has 2 aromatic rings. The van der Waals surface area contributed by atoms with Crippen molar-refractivity contribution in [3.63, 3.8) is 0 Å². The van der Waals surface area contributed by atoms with E-state index in [-0.39, 0.29) is 0 Å². The Kier molecular flexibility index (Phi) is 3.77. The van der Waals surface area contributed by atoms with Gasteiger partial charge in [0.2, 0.25) is 0 Å². The molecule has 0 fully saturated rings. The minimum atomic E-state index is 0.801. The van der Waals surface area contributed by atoms with E-state index >= 15 is 0 Å². The number of para-hydroxylation sites is 1. The monoisotopic (exact) mass is 242 g/mol. The summed E-state index contributed by atoms with van der Waals surface area (Å²) in [6.45, 7) is 4.97. The molecule has 1 aromatic carbocycles. The van der Waals surface area contributed by atoms with Gasteiger partial charge in [0.25, 0.3) is 0 Å². The van der Waals surface area contributed by atoms with Gasteiger partial charge >= 0.3 is 0 Å². The Hall–Kier alpha value is -2.10. The first-order valence-electron chi connectivity index (χ1n) is 6.07. The normalized spacial score (nSPS) is 10.2. The summed E-state index contributed by atoms with van der Waals surface area (Å²) in [6, 6.07) is 8.23. The lowest BCUT2D eigenvalue weighted by molar-refractivity contribution is 1.06. The number of nitrogens with one attached hydrogen (secondary N) is 1. The number of anilines is 3. The van der Waals surface area contributed by atoms with Gasteiger partial charge in [-0.15, -0.1) is 0 Å². The standard InChI is InChI=1S/C14H18N4/c1-4-16-13-9-15-10-14(17-13)18(3)12-8-6-5-7-11(12)2/h5-10H,4H2,1-3H3,(H,16,17). The molecule has 0 bridgehead atoms. The molecular weight excluding hydrogens is 224 g/mol. The van der Waals surface area contributed by atoms with E-state index in [1.807, 2.05) is 31.0 Å². The fourth-order valence-electron chi connectivity index (χ4n) is 1.85. The average molecular weight is 242 g/mol. The summed E-state index contributed by atoms with van der Waals surface area (Å²) < 4.78 is 0. The molecule has 4 heteroatoms. The first-order chi connectivity index (χ1) is 8.72. The van der Waals surface area contributed by atoms with Crippen molar-refractivity contribution >= 4 is 17.3 Å². The Morgan fingerprint density at radius 2 is 2.00 bits per heavy atom. The van der Waals surface area contributed by atoms with E-state index in [0.29, 0.717) is 0 Å². The van der Waals surface area contributed by atoms with Gasteiger partial charge < -0.3 is 10.2 Å². The molecule has 2 rings (SSSR count). The van der Waals surface area contributed by atoms with Gasteiger partial charge in [-0.3, -0.25) is 4.98 Å². The molecule has 0 saturated carbocycles. The molecule has 0 atom stereocenters. The van der Waals surface area contributed by atoms with E-state index in [4.69, 9.17) is 0 Å². The number of rotatable bonds is 4. The van der Waals surface area contributed by atoms with Gasteiger partial charge in [0.05, 0.1) is 12.4 Å². The zero-order valence-electron chi connectivity index (χ0n) is 11.0. The summed E-state index contributed by atoms with van der Waals surface area (Å²) in [7, 11) is 2.00. The number of hydrogen-bond donors (Lipinski definition) is 1. The van der Waals surface area contributed by atoms with Crippen LogP contribution in [0.5, 0.6) is 0 Å². The smallest absolute Gasteiger partial charge is 0.153 e. The Morgan fingerprint density at radius 3 is 2.72 bits per heavy atom. The zero-order valence-corrected chi connectivity index (χ0v) is 11.0. The lowest BCUT2D eigenvalue weighted by Crippen LogP contribution is -2.13. The van der Waals surface area contributed by atoms with Gasteiger partial charge in [-0.1, -0.05) is 18.2 Å². The molecular formula is C14H18N4. The summed E-state index contributed by atoms with van der Waals surface area (Å²) in [5.41, 5.74) is 2.36. The van der Waals surface area contributed by atoms with Crippen LogP contribution in [0.25, 0.3) is 0 Å². The van der Waals surface area contributed by atoms with E-state index in [1.165, 1.54) is 5.56 Å². The van der Waals surface area contributed by atoms with Crippen molar-refractivity contribution in [2.24, 2.45) is 0 Å². The van der Waals surface area contributed by atoms with Crippen LogP contribution < -0.4 is 10.2 Å². The van der Waals surface area contributed by atoms with E-state index in [2.05, 4.69) is 34.3 Å². The highest BCUT2D eigenvalue weighted by Gasteiger charge is 2.08. The van der Waals surface area contributed by atoms with Crippen LogP contribution in [0, 0.1) is 6.92 Å². The predicted molar refractivity (Wildman–Crippen MR) is 75.4 cm³/mol. The molecule has 0 aliphatic heterocycles. The van der Waals surface area contributed by atoms with E-state index in [1.54, 1.807) is 12.4 Å². The van der Waals surface area contributed by atoms with Crippen molar-refractivity contribution in [1.29, 1.82) is 0 Å². The molecule has 0 aliphatic rings. The van der Waals surface area contributed by atoms with Crippen molar-refractivity contribution in [2.75, 3.05) is 23.8 Å². The van der Waals surface area contributed by atoms with Gasteiger partial charge in [-0.2, -0.15) is 0 Å². The maximum atomic E-state index is 4.53. The molecule has 0 unspecified atom stereocenters. The Morgan fingerprint density at radius 1 is 1.22 bits per heavy atom. The second-order valence-corrected chi connectivity index (χ2v) is 4.14. The SMILES string of the molecule is CCNc1cncc(N(C)c2ccccc2C)n1. The van der Waals surface area contributed by atoms with Crippen LogP contribution in [-0.4, -0.2) is 23.6 Å². The summed E-state index contributed by atoms with van der Waals surface area (Å²) in [5, 5.41) is 3.17. The van der Waals surface area contributed by atoms with Crippen LogP contribution in [-0.2, 0) is 0 Å². The maximum Gasteiger partial charge on any atom is 0.153 e. The highest BCUT2D eigenvalue weighted by Crippen LogP contribution is 2.24. The second kappa shape index (κ2) is 5.49. The molecule has 1 heterocycles. The highest BCUT2D eigenvalue weighted by molar-refractivity contribution is 5.63. The van der Waals surface area contributed by atoms with Gasteiger partial charge in [-0.05, 0) is 25.5 Å². The molecule has 0 radical (unpaired) electrons. The molecule has 0 aliphatic carbocycles. The van der Waals surface area contributed by atoms with Gasteiger partial charge in [-0.25, -0.2) is 4.98 Å². The lowest BCUT2D eigenvalue weighted by atomic mass is 10.2. The second-order valence-electron chi connectivity index (χ2n) is 4.14. The molecule has 0 spiro atoms. The molecule has 18 heavy (non-hydrogen) atoms. The Bertz CT molecular complexity index is 525. The third-order valence-corrected chi connectivity index (χ3v) is 2.80. The minimum absolute atomic E-state index is 0.801. The predicted octanol–water partition coefficient (Wildman–Crippen LogP) is 2.98. The minimum Gasteiger partial charge on any atom is -0.369 e. The van der Waals surface area contributed by atoms with Crippen LogP contribution >= 0.6 is 0 Å². The fraction of sp³-hybridized carbons (Fsp3) is 0.286. The number of hydrogen-bond acceptors (Lipinski definition) is 4. The largest absolute Gasteiger partial charge is 0.369 e. The highest BCUT2D eigenvalue weighted by atomic mass is 15.2. The molecule has 1 N–H and O–H groups in total. The number of nitrogens with zero attached hydrogens (tertiary/aromatic N) is 3. The molecule has 94 valence electrons. The third kappa shape index (κ3) is 2.59. The molecule has 0 amide bonds. The van der Waals surface area contributed by atoms with Gasteiger partial charge in [0, 0.05) is 19.3 Å². The summed E-state index contributed by atoms with van der Waals surface area (Å²) >= 11 is 0. The van der Waals surface area contributed by atoms with Crippen molar-refractivity contribution in [3.05, 3.63) is 42.2 Å². The third-order valence-electron chi connectivity index (χ3n) is 2.80. The summed E-state index contributed by atoms with van der Waals surface area (Å²) in [6.07, 6.45) is 3.51. The first kappa shape index (κ1) is 12.4. The Balaban J connectivity index is 2.31. The van der Waals surface area contributed by atoms with Crippen molar-refractivity contribution in [2.45, 2.75) is 13.8 Å². The topological polar surface area (TPSA) is 41.1 Å². The number of aromatic nitrogens is 2. The van der Waals surface area contributed by atoms with Crippen LogP contribution in [0.3, 0.4) is 0 Å². The van der Waals surface area contributed by atoms with E-state index < -0.39 is 0 Å². The number of aryl methyl sites for hydroxylation is 1. The lowest BCUT2D eigenvalue weighted by Gasteiger charge is -2.20. The van der Waals surface area contributed by atoms with Crippen molar-refractivity contribution in [1.82, 2.24) is 9.97 Å². The molecule has 1 aromatic heterocycles. The number of benzene rings is 1. The quantitative estimate of drug-likeness (QED) is 0.895. The van der Waals surface area contributed by atoms with Crippen molar-refractivity contribution < 1.29 is 0 Å². The summed E-state index contributed by atoms with van der Waals surface area (Å²) in [4.78, 5) is 10.8. The van der Waals surface area contributed by atoms with Crippen LogP contribution in [0.15, 0.2) is 36.7 Å². The van der Waals surface area contributed by atoms with E-state index in [0.717, 1.165) is 23.9 Å². The first-order valence-corrected chi connectivity index (χ1v) is 6.07.